The molecule has 34 heavy (non-hydrogen) atoms. The molecule has 4 rings (SSSR count). The molecule has 2 atom stereocenters. The van der Waals surface area contributed by atoms with Gasteiger partial charge in [-0.1, -0.05) is 88.4 Å². The Labute approximate surface area is 206 Å². The number of carbonyl (C=O) groups is 1. The standard InChI is InChI=1S/C29H40O4Si/c1-28(2,3)34(24-12-7-5-8-13-24,25-14-9-6-10-15-25)33-26-17-16-23(30)22-29(26,4)19-18-27-31-20-11-21-32-27/h5-10,12-15,26-27H,11,16-22H2,1-4H3/t26-,29-/m0/s1. The van der Waals surface area contributed by atoms with Gasteiger partial charge in [0.25, 0.3) is 8.32 Å². The van der Waals surface area contributed by atoms with Crippen molar-refractivity contribution in [1.82, 2.24) is 0 Å². The van der Waals surface area contributed by atoms with E-state index in [0.29, 0.717) is 18.6 Å². The summed E-state index contributed by atoms with van der Waals surface area (Å²) < 4.78 is 19.2. The fraction of sp³-hybridized carbons (Fsp3) is 0.552. The number of ketones is 1. The minimum absolute atomic E-state index is 0.0000875. The summed E-state index contributed by atoms with van der Waals surface area (Å²) in [6.45, 7) is 10.7. The van der Waals surface area contributed by atoms with Crippen LogP contribution in [0.5, 0.6) is 0 Å². The molecular formula is C29H40O4Si. The summed E-state index contributed by atoms with van der Waals surface area (Å²) in [6, 6.07) is 21.6. The Hall–Kier alpha value is -1.79. The van der Waals surface area contributed by atoms with Gasteiger partial charge in [-0.05, 0) is 46.5 Å². The third kappa shape index (κ3) is 5.23. The first kappa shape index (κ1) is 25.3. The summed E-state index contributed by atoms with van der Waals surface area (Å²) in [5.74, 6) is 0.343. The SMILES string of the molecule is CC(C)(C)[Si](O[C@H]1CCC(=O)C[C@]1(C)CCC1OCCCO1)(c1ccccc1)c1ccccc1. The van der Waals surface area contributed by atoms with Crippen molar-refractivity contribution in [3.8, 4) is 0 Å². The smallest absolute Gasteiger partial charge is 0.261 e. The molecule has 2 aromatic carbocycles. The fourth-order valence-corrected chi connectivity index (χ4v) is 10.6. The van der Waals surface area contributed by atoms with Gasteiger partial charge in [-0.2, -0.15) is 0 Å². The van der Waals surface area contributed by atoms with E-state index in [1.807, 2.05) is 0 Å². The lowest BCUT2D eigenvalue weighted by Crippen LogP contribution is -2.69. The summed E-state index contributed by atoms with van der Waals surface area (Å²) in [4.78, 5) is 12.7. The summed E-state index contributed by atoms with van der Waals surface area (Å²) in [7, 11) is -2.69. The van der Waals surface area contributed by atoms with E-state index in [-0.39, 0.29) is 22.8 Å². The summed E-state index contributed by atoms with van der Waals surface area (Å²) in [6.07, 6.45) is 4.35. The average molecular weight is 481 g/mol. The molecule has 2 aromatic rings. The number of Topliss-reactive ketones (excluding diaryl/α,β-unsaturated/α-hetero) is 1. The molecule has 2 fully saturated rings. The maximum atomic E-state index is 12.7. The molecule has 2 aliphatic rings. The molecule has 0 N–H and O–H groups in total. The Morgan fingerprint density at radius 1 is 0.971 bits per heavy atom. The number of hydrogen-bond acceptors (Lipinski definition) is 4. The zero-order valence-corrected chi connectivity index (χ0v) is 22.2. The maximum absolute atomic E-state index is 12.7. The monoisotopic (exact) mass is 480 g/mol. The lowest BCUT2D eigenvalue weighted by molar-refractivity contribution is -0.186. The summed E-state index contributed by atoms with van der Waals surface area (Å²) in [5.41, 5.74) is -0.243. The van der Waals surface area contributed by atoms with Crippen LogP contribution >= 0.6 is 0 Å². The zero-order chi connectivity index (χ0) is 24.2. The molecule has 1 heterocycles. The van der Waals surface area contributed by atoms with Crippen molar-refractivity contribution in [2.24, 2.45) is 5.41 Å². The van der Waals surface area contributed by atoms with Gasteiger partial charge in [-0.25, -0.2) is 0 Å². The third-order valence-electron chi connectivity index (χ3n) is 7.65. The van der Waals surface area contributed by atoms with Crippen LogP contribution in [0.4, 0.5) is 0 Å². The van der Waals surface area contributed by atoms with E-state index < -0.39 is 8.32 Å². The minimum Gasteiger partial charge on any atom is -0.404 e. The van der Waals surface area contributed by atoms with Crippen molar-refractivity contribution >= 4 is 24.5 Å². The quantitative estimate of drug-likeness (QED) is 0.509. The fourth-order valence-electron chi connectivity index (χ4n) is 5.80. The van der Waals surface area contributed by atoms with Crippen LogP contribution in [-0.2, 0) is 18.7 Å². The molecule has 1 aliphatic carbocycles. The number of rotatable bonds is 7. The van der Waals surface area contributed by atoms with Crippen molar-refractivity contribution in [3.63, 3.8) is 0 Å². The van der Waals surface area contributed by atoms with Gasteiger partial charge < -0.3 is 13.9 Å². The van der Waals surface area contributed by atoms with Gasteiger partial charge in [-0.15, -0.1) is 0 Å². The van der Waals surface area contributed by atoms with Gasteiger partial charge >= 0.3 is 0 Å². The van der Waals surface area contributed by atoms with Crippen LogP contribution in [0.1, 0.15) is 66.2 Å². The zero-order valence-electron chi connectivity index (χ0n) is 21.2. The Morgan fingerprint density at radius 2 is 1.53 bits per heavy atom. The predicted molar refractivity (Wildman–Crippen MR) is 139 cm³/mol. The molecule has 1 saturated heterocycles. The molecule has 1 saturated carbocycles. The molecule has 0 amide bonds. The topological polar surface area (TPSA) is 44.8 Å². The highest BCUT2D eigenvalue weighted by Crippen LogP contribution is 2.46. The summed E-state index contributed by atoms with van der Waals surface area (Å²) in [5, 5.41) is 2.48. The van der Waals surface area contributed by atoms with Crippen LogP contribution < -0.4 is 10.4 Å². The maximum Gasteiger partial charge on any atom is 0.261 e. The predicted octanol–water partition coefficient (Wildman–Crippen LogP) is 5.23. The van der Waals surface area contributed by atoms with Gasteiger partial charge in [0.15, 0.2) is 6.29 Å². The van der Waals surface area contributed by atoms with Gasteiger partial charge in [0.2, 0.25) is 0 Å². The Balaban J connectivity index is 1.72. The lowest BCUT2D eigenvalue weighted by Gasteiger charge is -2.50. The molecule has 0 radical (unpaired) electrons. The highest BCUT2D eigenvalue weighted by atomic mass is 28.4. The van der Waals surface area contributed by atoms with Crippen LogP contribution in [0.3, 0.4) is 0 Å². The largest absolute Gasteiger partial charge is 0.404 e. The molecule has 0 unspecified atom stereocenters. The van der Waals surface area contributed by atoms with E-state index >= 15 is 0 Å². The molecule has 0 bridgehead atoms. The highest BCUT2D eigenvalue weighted by molar-refractivity contribution is 6.99. The van der Waals surface area contributed by atoms with E-state index in [1.165, 1.54) is 10.4 Å². The number of hydrogen-bond donors (Lipinski definition) is 0. The van der Waals surface area contributed by atoms with E-state index in [4.69, 9.17) is 13.9 Å². The number of ether oxygens (including phenoxy) is 2. The normalized spacial score (nSPS) is 24.8. The Morgan fingerprint density at radius 3 is 2.06 bits per heavy atom. The first-order chi connectivity index (χ1) is 16.2. The van der Waals surface area contributed by atoms with Crippen LogP contribution in [0.2, 0.25) is 5.04 Å². The van der Waals surface area contributed by atoms with Crippen LogP contribution in [0.25, 0.3) is 0 Å². The molecule has 184 valence electrons. The Bertz CT molecular complexity index is 894. The van der Waals surface area contributed by atoms with Crippen molar-refractivity contribution in [3.05, 3.63) is 60.7 Å². The van der Waals surface area contributed by atoms with Gasteiger partial charge in [-0.3, -0.25) is 4.79 Å². The first-order valence-electron chi connectivity index (χ1n) is 12.8. The second-order valence-electron chi connectivity index (χ2n) is 11.2. The van der Waals surface area contributed by atoms with Crippen molar-refractivity contribution in [2.75, 3.05) is 13.2 Å². The van der Waals surface area contributed by atoms with Crippen LogP contribution in [0, 0.1) is 5.41 Å². The second kappa shape index (κ2) is 10.4. The van der Waals surface area contributed by atoms with E-state index in [1.54, 1.807) is 0 Å². The van der Waals surface area contributed by atoms with E-state index in [9.17, 15) is 4.79 Å². The molecule has 4 nitrogen and oxygen atoms in total. The van der Waals surface area contributed by atoms with E-state index in [2.05, 4.69) is 88.4 Å². The lowest BCUT2D eigenvalue weighted by atomic mass is 9.70. The second-order valence-corrected chi connectivity index (χ2v) is 15.5. The average Bonchev–Trinajstić information content (AvgIpc) is 2.83. The number of benzene rings is 2. The van der Waals surface area contributed by atoms with Crippen molar-refractivity contribution in [2.45, 2.75) is 83.7 Å². The number of carbonyl (C=O) groups excluding carboxylic acids is 1. The van der Waals surface area contributed by atoms with Gasteiger partial charge in [0.05, 0.1) is 19.3 Å². The molecule has 1 aliphatic heterocycles. The van der Waals surface area contributed by atoms with Crippen molar-refractivity contribution < 1.29 is 18.7 Å². The van der Waals surface area contributed by atoms with Crippen LogP contribution in [-0.4, -0.2) is 39.7 Å². The molecule has 0 aromatic heterocycles. The Kier molecular flexibility index (Phi) is 7.78. The van der Waals surface area contributed by atoms with Gasteiger partial charge in [0, 0.05) is 12.8 Å². The third-order valence-corrected chi connectivity index (χ3v) is 12.7. The molecule has 5 heteroatoms. The first-order valence-corrected chi connectivity index (χ1v) is 14.7. The highest BCUT2D eigenvalue weighted by Gasteiger charge is 2.54. The minimum atomic E-state index is -2.69. The molecule has 0 spiro atoms. The van der Waals surface area contributed by atoms with Crippen molar-refractivity contribution in [1.29, 1.82) is 0 Å². The molecular weight excluding hydrogens is 440 g/mol. The van der Waals surface area contributed by atoms with Crippen LogP contribution in [0.15, 0.2) is 60.7 Å². The van der Waals surface area contributed by atoms with E-state index in [0.717, 1.165) is 38.9 Å². The summed E-state index contributed by atoms with van der Waals surface area (Å²) >= 11 is 0. The van der Waals surface area contributed by atoms with Gasteiger partial charge in [0.1, 0.15) is 5.78 Å².